The number of benzene rings is 1. The van der Waals surface area contributed by atoms with Crippen LogP contribution in [0.1, 0.15) is 12.0 Å². The summed E-state index contributed by atoms with van der Waals surface area (Å²) in [7, 11) is 3.82. The quantitative estimate of drug-likeness (QED) is 0.845. The van der Waals surface area contributed by atoms with E-state index < -0.39 is 0 Å². The number of aromatic nitrogens is 3. The molecule has 1 aliphatic rings. The van der Waals surface area contributed by atoms with Gasteiger partial charge in [0.25, 0.3) is 0 Å². The molecule has 0 saturated carbocycles. The first-order valence-corrected chi connectivity index (χ1v) is 6.24. The Bertz CT molecular complexity index is 573. The monoisotopic (exact) mass is 243 g/mol. The van der Waals surface area contributed by atoms with Gasteiger partial charge in [-0.2, -0.15) is 0 Å². The molecule has 0 fully saturated rings. The fraction of sp³-hybridized carbons (Fsp3) is 0.385. The van der Waals surface area contributed by atoms with Crippen molar-refractivity contribution >= 4 is 11.6 Å². The van der Waals surface area contributed by atoms with Gasteiger partial charge < -0.3 is 10.6 Å². The van der Waals surface area contributed by atoms with E-state index in [1.54, 1.807) is 0 Å². The van der Waals surface area contributed by atoms with Crippen LogP contribution in [0, 0.1) is 0 Å². The molecule has 5 nitrogen and oxygen atoms in total. The van der Waals surface area contributed by atoms with Gasteiger partial charge in [-0.1, -0.05) is 0 Å². The van der Waals surface area contributed by atoms with Crippen molar-refractivity contribution in [2.45, 2.75) is 12.8 Å². The fourth-order valence-electron chi connectivity index (χ4n) is 2.41. The van der Waals surface area contributed by atoms with Gasteiger partial charge in [0.05, 0.1) is 0 Å². The van der Waals surface area contributed by atoms with Gasteiger partial charge in [0.2, 0.25) is 5.95 Å². The van der Waals surface area contributed by atoms with E-state index in [2.05, 4.69) is 39.0 Å². The average Bonchev–Trinajstić information content (AvgIpc) is 2.79. The van der Waals surface area contributed by atoms with E-state index in [9.17, 15) is 0 Å². The van der Waals surface area contributed by atoms with Crippen LogP contribution in [0.3, 0.4) is 0 Å². The van der Waals surface area contributed by atoms with E-state index >= 15 is 0 Å². The topological polar surface area (TPSA) is 54.8 Å². The summed E-state index contributed by atoms with van der Waals surface area (Å²) >= 11 is 0. The molecule has 0 radical (unpaired) electrons. The molecule has 1 aliphatic heterocycles. The summed E-state index contributed by atoms with van der Waals surface area (Å²) in [6.45, 7) is 1.07. The number of rotatable bonds is 2. The number of anilines is 2. The van der Waals surface area contributed by atoms with Gasteiger partial charge in [0.15, 0.2) is 5.82 Å². The third kappa shape index (κ3) is 1.72. The minimum absolute atomic E-state index is 0.779. The van der Waals surface area contributed by atoms with Crippen LogP contribution in [0.25, 0.3) is 11.4 Å². The Balaban J connectivity index is 2.03. The number of hydrogen-bond donors (Lipinski definition) is 2. The lowest BCUT2D eigenvalue weighted by atomic mass is 10.0. The van der Waals surface area contributed by atoms with E-state index in [1.807, 2.05) is 18.7 Å². The number of nitrogens with zero attached hydrogens (tertiary/aromatic N) is 3. The van der Waals surface area contributed by atoms with Gasteiger partial charge >= 0.3 is 0 Å². The maximum atomic E-state index is 4.24. The van der Waals surface area contributed by atoms with Crippen molar-refractivity contribution in [3.63, 3.8) is 0 Å². The molecule has 1 aromatic heterocycles. The number of nitrogens with one attached hydrogen (secondary N) is 2. The van der Waals surface area contributed by atoms with E-state index in [0.717, 1.165) is 30.3 Å². The highest BCUT2D eigenvalue weighted by molar-refractivity contribution is 5.65. The lowest BCUT2D eigenvalue weighted by Crippen LogP contribution is -2.11. The summed E-state index contributed by atoms with van der Waals surface area (Å²) in [6.07, 6.45) is 2.32. The largest absolute Gasteiger partial charge is 0.385 e. The molecule has 2 heterocycles. The predicted molar refractivity (Wildman–Crippen MR) is 72.8 cm³/mol. The Morgan fingerprint density at radius 1 is 1.33 bits per heavy atom. The average molecular weight is 243 g/mol. The van der Waals surface area contributed by atoms with Crippen LogP contribution in [0.2, 0.25) is 0 Å². The van der Waals surface area contributed by atoms with Crippen LogP contribution >= 0.6 is 0 Å². The van der Waals surface area contributed by atoms with Crippen LogP contribution in [0.4, 0.5) is 11.6 Å². The Hall–Kier alpha value is -2.04. The van der Waals surface area contributed by atoms with Crippen LogP contribution in [0.5, 0.6) is 0 Å². The predicted octanol–water partition coefficient (Wildman–Crippen LogP) is 1.88. The van der Waals surface area contributed by atoms with Crippen molar-refractivity contribution in [1.82, 2.24) is 14.8 Å². The molecular weight excluding hydrogens is 226 g/mol. The molecule has 94 valence electrons. The second-order valence-electron chi connectivity index (χ2n) is 4.56. The van der Waals surface area contributed by atoms with Gasteiger partial charge in [0.1, 0.15) is 0 Å². The highest BCUT2D eigenvalue weighted by atomic mass is 15.3. The van der Waals surface area contributed by atoms with E-state index in [1.165, 1.54) is 17.7 Å². The molecule has 3 rings (SSSR count). The highest BCUT2D eigenvalue weighted by Crippen LogP contribution is 2.27. The summed E-state index contributed by atoms with van der Waals surface area (Å²) in [4.78, 5) is 0. The van der Waals surface area contributed by atoms with Crippen molar-refractivity contribution in [1.29, 1.82) is 0 Å². The van der Waals surface area contributed by atoms with Gasteiger partial charge in [-0.25, -0.2) is 0 Å². The Morgan fingerprint density at radius 2 is 2.22 bits per heavy atom. The van der Waals surface area contributed by atoms with Crippen LogP contribution in [-0.4, -0.2) is 28.4 Å². The second kappa shape index (κ2) is 4.33. The maximum absolute atomic E-state index is 4.24. The van der Waals surface area contributed by atoms with Gasteiger partial charge in [-0.15, -0.1) is 10.2 Å². The third-order valence-electron chi connectivity index (χ3n) is 3.40. The minimum atomic E-state index is 0.779. The maximum Gasteiger partial charge on any atom is 0.224 e. The first kappa shape index (κ1) is 11.1. The molecule has 5 heteroatoms. The van der Waals surface area contributed by atoms with Crippen LogP contribution < -0.4 is 10.6 Å². The smallest absolute Gasteiger partial charge is 0.224 e. The Morgan fingerprint density at radius 3 is 3.00 bits per heavy atom. The molecule has 0 saturated heterocycles. The van der Waals surface area contributed by atoms with Gasteiger partial charge in [-0.05, 0) is 36.6 Å². The Kier molecular flexibility index (Phi) is 2.66. The molecule has 0 unspecified atom stereocenters. The molecule has 0 bridgehead atoms. The van der Waals surface area contributed by atoms with E-state index in [-0.39, 0.29) is 0 Å². The molecular formula is C13H17N5. The summed E-state index contributed by atoms with van der Waals surface area (Å²) in [5.74, 6) is 1.67. The first-order chi connectivity index (χ1) is 8.79. The molecule has 0 aliphatic carbocycles. The standard InChI is InChI=1S/C13H17N5/c1-14-13-17-16-12(18(13)2)10-5-6-11-9(8-10)4-3-7-15-11/h5-6,8,15H,3-4,7H2,1-2H3,(H,14,17). The first-order valence-electron chi connectivity index (χ1n) is 6.24. The molecule has 0 spiro atoms. The lowest BCUT2D eigenvalue weighted by Gasteiger charge is -2.18. The van der Waals surface area contributed by atoms with Crippen LogP contribution in [-0.2, 0) is 13.5 Å². The highest BCUT2D eigenvalue weighted by Gasteiger charge is 2.13. The molecule has 0 atom stereocenters. The summed E-state index contributed by atoms with van der Waals surface area (Å²) in [6, 6.07) is 6.45. The third-order valence-corrected chi connectivity index (χ3v) is 3.40. The van der Waals surface area contributed by atoms with Crippen molar-refractivity contribution in [3.05, 3.63) is 23.8 Å². The number of fused-ring (bicyclic) bond motifs is 1. The van der Waals surface area contributed by atoms with E-state index in [0.29, 0.717) is 0 Å². The van der Waals surface area contributed by atoms with Gasteiger partial charge in [-0.3, -0.25) is 4.57 Å². The zero-order chi connectivity index (χ0) is 12.5. The van der Waals surface area contributed by atoms with E-state index in [4.69, 9.17) is 0 Å². The SMILES string of the molecule is CNc1nnc(-c2ccc3c(c2)CCCN3)n1C. The molecule has 0 amide bonds. The molecule has 18 heavy (non-hydrogen) atoms. The fourth-order valence-corrected chi connectivity index (χ4v) is 2.41. The van der Waals surface area contributed by atoms with Crippen molar-refractivity contribution in [3.8, 4) is 11.4 Å². The van der Waals surface area contributed by atoms with Crippen LogP contribution in [0.15, 0.2) is 18.2 Å². The normalized spacial score (nSPS) is 13.9. The summed E-state index contributed by atoms with van der Waals surface area (Å²) in [5.41, 5.74) is 3.74. The molecule has 2 N–H and O–H groups in total. The molecule has 2 aromatic rings. The zero-order valence-electron chi connectivity index (χ0n) is 10.7. The zero-order valence-corrected chi connectivity index (χ0v) is 10.7. The van der Waals surface area contributed by atoms with Gasteiger partial charge in [0, 0.05) is 31.9 Å². The van der Waals surface area contributed by atoms with Crippen molar-refractivity contribution < 1.29 is 0 Å². The van der Waals surface area contributed by atoms with Crippen molar-refractivity contribution in [2.75, 3.05) is 24.2 Å². The second-order valence-corrected chi connectivity index (χ2v) is 4.56. The number of hydrogen-bond acceptors (Lipinski definition) is 4. The Labute approximate surface area is 106 Å². The van der Waals surface area contributed by atoms with Crippen molar-refractivity contribution in [2.24, 2.45) is 7.05 Å². The summed E-state index contributed by atoms with van der Waals surface area (Å²) in [5, 5.41) is 14.8. The summed E-state index contributed by atoms with van der Waals surface area (Å²) < 4.78 is 1.97. The minimum Gasteiger partial charge on any atom is -0.385 e. The number of aryl methyl sites for hydroxylation is 1. The lowest BCUT2D eigenvalue weighted by molar-refractivity contribution is 0.830. The molecule has 1 aromatic carbocycles.